The van der Waals surface area contributed by atoms with Crippen molar-refractivity contribution in [2.24, 2.45) is 0 Å². The molecule has 34 heavy (non-hydrogen) atoms. The van der Waals surface area contributed by atoms with E-state index in [9.17, 15) is 8.78 Å². The number of anilines is 2. The number of benzene rings is 1. The molecule has 0 amide bonds. The Morgan fingerprint density at radius 1 is 1.09 bits per heavy atom. The average molecular weight is 544 g/mol. The first-order chi connectivity index (χ1) is 16.5. The summed E-state index contributed by atoms with van der Waals surface area (Å²) in [5, 5.41) is 1.57. The first kappa shape index (κ1) is 23.1. The van der Waals surface area contributed by atoms with Gasteiger partial charge >= 0.3 is 205 Å². The van der Waals surface area contributed by atoms with Crippen LogP contribution in [0.3, 0.4) is 0 Å². The quantitative estimate of drug-likeness (QED) is 0.369. The first-order valence-corrected chi connectivity index (χ1v) is 16.1. The van der Waals surface area contributed by atoms with Crippen molar-refractivity contribution >= 4 is 48.0 Å². The van der Waals surface area contributed by atoms with Gasteiger partial charge in [0.25, 0.3) is 0 Å². The molecule has 4 heterocycles. The standard InChI is InChI=1S/C23H23AsF2N6OS/c1-24(10-14-2-3-16(25)8-18(14)26)11-17-9-19-20(34-17)22(32-4-6-33-7-5-32)31-21(30-19)15-12-28-23(27)29-13-15/h2-3,8-9,12-13H,4-7,10-11H2,1H3,(H2,27,28,29). The molecule has 7 nitrogen and oxygen atoms in total. The van der Waals surface area contributed by atoms with Crippen LogP contribution in [0.4, 0.5) is 20.5 Å². The van der Waals surface area contributed by atoms with Crippen LogP contribution >= 0.6 is 11.3 Å². The molecule has 1 aromatic carbocycles. The molecular weight excluding hydrogens is 521 g/mol. The predicted molar refractivity (Wildman–Crippen MR) is 131 cm³/mol. The summed E-state index contributed by atoms with van der Waals surface area (Å²) in [6.45, 7) is 2.81. The van der Waals surface area contributed by atoms with Crippen molar-refractivity contribution in [3.63, 3.8) is 0 Å². The number of fused-ring (bicyclic) bond motifs is 1. The zero-order chi connectivity index (χ0) is 23.7. The molecule has 0 aliphatic carbocycles. The fourth-order valence-corrected chi connectivity index (χ4v) is 9.70. The van der Waals surface area contributed by atoms with Crippen molar-refractivity contribution < 1.29 is 13.5 Å². The van der Waals surface area contributed by atoms with Gasteiger partial charge in [-0.25, -0.2) is 0 Å². The number of hydrogen-bond acceptors (Lipinski definition) is 8. The second-order valence-electron chi connectivity index (χ2n) is 8.14. The number of halogens is 2. The van der Waals surface area contributed by atoms with Gasteiger partial charge in [-0.1, -0.05) is 0 Å². The number of thiophene rings is 1. The van der Waals surface area contributed by atoms with Crippen LogP contribution in [0.2, 0.25) is 5.71 Å². The number of rotatable bonds is 6. The SMILES string of the molecule is C[As](Cc1cc2nc(-c3cnc(N)nc3)nc(N3CCOCC3)c2s1)Cc1ccc(F)cc1F. The van der Waals surface area contributed by atoms with Crippen LogP contribution < -0.4 is 10.6 Å². The van der Waals surface area contributed by atoms with E-state index in [0.29, 0.717) is 35.4 Å². The Labute approximate surface area is 204 Å². The minimum absolute atomic E-state index is 0.202. The van der Waals surface area contributed by atoms with Gasteiger partial charge in [0.1, 0.15) is 0 Å². The van der Waals surface area contributed by atoms with E-state index in [4.69, 9.17) is 20.4 Å². The Hall–Kier alpha value is -2.68. The summed E-state index contributed by atoms with van der Waals surface area (Å²) in [5.74, 6) is 0.632. The Balaban J connectivity index is 1.47. The molecule has 11 heteroatoms. The monoisotopic (exact) mass is 544 g/mol. The van der Waals surface area contributed by atoms with Crippen LogP contribution in [0.25, 0.3) is 21.6 Å². The number of nitrogens with zero attached hydrogens (tertiary/aromatic N) is 5. The zero-order valence-electron chi connectivity index (χ0n) is 18.5. The van der Waals surface area contributed by atoms with Crippen LogP contribution in [-0.4, -0.2) is 60.9 Å². The molecule has 3 aromatic heterocycles. The van der Waals surface area contributed by atoms with Crippen molar-refractivity contribution in [2.45, 2.75) is 16.1 Å². The molecule has 1 aliphatic rings. The summed E-state index contributed by atoms with van der Waals surface area (Å²) in [7, 11) is 0. The molecule has 2 N–H and O–H groups in total. The number of nitrogen functional groups attached to an aromatic ring is 1. The fraction of sp³-hybridized carbons (Fsp3) is 0.304. The summed E-state index contributed by atoms with van der Waals surface area (Å²) in [4.78, 5) is 21.3. The predicted octanol–water partition coefficient (Wildman–Crippen LogP) is 3.83. The van der Waals surface area contributed by atoms with E-state index in [-0.39, 0.29) is 5.95 Å². The maximum absolute atomic E-state index is 14.1. The number of ether oxygens (including phenoxy) is 1. The van der Waals surface area contributed by atoms with E-state index < -0.39 is 26.3 Å². The summed E-state index contributed by atoms with van der Waals surface area (Å²) in [6.07, 6.45) is 3.26. The molecule has 1 atom stereocenters. The van der Waals surface area contributed by atoms with E-state index in [1.807, 2.05) is 0 Å². The number of nitrogens with two attached hydrogens (primary N) is 1. The van der Waals surface area contributed by atoms with E-state index >= 15 is 0 Å². The number of morpholine rings is 1. The van der Waals surface area contributed by atoms with Crippen LogP contribution in [0.15, 0.2) is 36.7 Å². The summed E-state index contributed by atoms with van der Waals surface area (Å²) in [6, 6.07) is 5.96. The second-order valence-corrected chi connectivity index (χ2v) is 14.2. The van der Waals surface area contributed by atoms with E-state index in [1.165, 1.54) is 10.9 Å². The van der Waals surface area contributed by atoms with Gasteiger partial charge in [0, 0.05) is 0 Å². The Kier molecular flexibility index (Phi) is 6.72. The van der Waals surface area contributed by atoms with Crippen molar-refractivity contribution in [1.82, 2.24) is 19.9 Å². The summed E-state index contributed by atoms with van der Waals surface area (Å²) >= 11 is 0.266. The maximum atomic E-state index is 14.1. The fourth-order valence-electron chi connectivity index (χ4n) is 3.88. The van der Waals surface area contributed by atoms with Gasteiger partial charge in [0.15, 0.2) is 0 Å². The summed E-state index contributed by atoms with van der Waals surface area (Å²) in [5.41, 5.74) is 10.0. The number of aromatic nitrogens is 4. The molecule has 0 bridgehead atoms. The van der Waals surface area contributed by atoms with Crippen LogP contribution in [0, 0.1) is 11.6 Å². The molecule has 1 aliphatic heterocycles. The van der Waals surface area contributed by atoms with Gasteiger partial charge in [-0.3, -0.25) is 0 Å². The first-order valence-electron chi connectivity index (χ1n) is 10.8. The third-order valence-corrected chi connectivity index (χ3v) is 10.8. The third-order valence-electron chi connectivity index (χ3n) is 5.53. The van der Waals surface area contributed by atoms with Gasteiger partial charge in [0.05, 0.1) is 0 Å². The Morgan fingerprint density at radius 2 is 1.85 bits per heavy atom. The normalized spacial score (nSPS) is 15.1. The van der Waals surface area contributed by atoms with Crippen LogP contribution in [-0.2, 0) is 15.2 Å². The van der Waals surface area contributed by atoms with Gasteiger partial charge in [-0.05, 0) is 0 Å². The van der Waals surface area contributed by atoms with Gasteiger partial charge in [-0.15, -0.1) is 0 Å². The van der Waals surface area contributed by atoms with Crippen LogP contribution in [0.5, 0.6) is 0 Å². The third kappa shape index (κ3) is 5.04. The number of hydrogen-bond donors (Lipinski definition) is 1. The molecule has 0 saturated carbocycles. The van der Waals surface area contributed by atoms with Gasteiger partial charge in [-0.2, -0.15) is 0 Å². The van der Waals surface area contributed by atoms with Crippen LogP contribution in [0.1, 0.15) is 10.4 Å². The Morgan fingerprint density at radius 3 is 2.59 bits per heavy atom. The molecule has 4 aromatic rings. The van der Waals surface area contributed by atoms with Crippen molar-refractivity contribution in [2.75, 3.05) is 36.9 Å². The van der Waals surface area contributed by atoms with Crippen molar-refractivity contribution in [3.05, 3.63) is 58.7 Å². The molecular formula is C23H23AsF2N6OS. The molecule has 1 fully saturated rings. The van der Waals surface area contributed by atoms with E-state index in [1.54, 1.807) is 29.8 Å². The van der Waals surface area contributed by atoms with E-state index in [2.05, 4.69) is 26.6 Å². The topological polar surface area (TPSA) is 90.0 Å². The van der Waals surface area contributed by atoms with Crippen molar-refractivity contribution in [3.8, 4) is 11.4 Å². The van der Waals surface area contributed by atoms with Gasteiger partial charge < -0.3 is 0 Å². The van der Waals surface area contributed by atoms with E-state index in [0.717, 1.165) is 40.4 Å². The van der Waals surface area contributed by atoms with Gasteiger partial charge in [0.2, 0.25) is 0 Å². The molecule has 5 rings (SSSR count). The summed E-state index contributed by atoms with van der Waals surface area (Å²) < 4.78 is 34.0. The second kappa shape index (κ2) is 9.90. The molecule has 176 valence electrons. The molecule has 1 saturated heterocycles. The Bertz CT molecular complexity index is 1310. The van der Waals surface area contributed by atoms with Crippen molar-refractivity contribution in [1.29, 1.82) is 0 Å². The average Bonchev–Trinajstić information content (AvgIpc) is 3.23. The molecule has 0 spiro atoms. The minimum atomic E-state index is -1.43. The zero-order valence-corrected chi connectivity index (χ0v) is 21.2. The molecule has 0 radical (unpaired) electrons. The molecule has 1 unspecified atom stereocenters.